The van der Waals surface area contributed by atoms with Gasteiger partial charge in [-0.15, -0.1) is 0 Å². The number of carbonyl (C=O) groups is 1. The lowest BCUT2D eigenvalue weighted by Crippen LogP contribution is -2.29. The molecular weight excluding hydrogens is 254 g/mol. The van der Waals surface area contributed by atoms with Gasteiger partial charge in [-0.1, -0.05) is 29.8 Å². The Morgan fingerprint density at radius 1 is 1.20 bits per heavy atom. The summed E-state index contributed by atoms with van der Waals surface area (Å²) in [4.78, 5) is 23.4. The average Bonchev–Trinajstić information content (AvgIpc) is 2.47. The Hall–Kier alpha value is -2.43. The van der Waals surface area contributed by atoms with Gasteiger partial charge >= 0.3 is 0 Å². The molecule has 0 aliphatic rings. The molecule has 0 spiro atoms. The summed E-state index contributed by atoms with van der Waals surface area (Å²) in [7, 11) is 0. The van der Waals surface area contributed by atoms with Gasteiger partial charge < -0.3 is 5.32 Å². The van der Waals surface area contributed by atoms with Gasteiger partial charge in [0.05, 0.1) is 0 Å². The zero-order valence-electron chi connectivity index (χ0n) is 11.6. The number of carbonyl (C=O) groups excluding carboxylic acids is 1. The molecule has 5 nitrogen and oxygen atoms in total. The van der Waals surface area contributed by atoms with Crippen LogP contribution in [0.25, 0.3) is 0 Å². The van der Waals surface area contributed by atoms with Crippen LogP contribution in [0.4, 0.5) is 0 Å². The van der Waals surface area contributed by atoms with E-state index in [0.717, 1.165) is 5.56 Å². The molecular formula is C15H17N3O2. The van der Waals surface area contributed by atoms with Gasteiger partial charge in [0, 0.05) is 19.2 Å². The molecule has 0 saturated carbocycles. The van der Waals surface area contributed by atoms with Crippen molar-refractivity contribution in [3.05, 3.63) is 63.6 Å². The largest absolute Gasteiger partial charge is 0.347 e. The Morgan fingerprint density at radius 2 is 1.90 bits per heavy atom. The predicted molar refractivity (Wildman–Crippen MR) is 76.5 cm³/mol. The van der Waals surface area contributed by atoms with Crippen LogP contribution >= 0.6 is 0 Å². The highest BCUT2D eigenvalue weighted by Crippen LogP contribution is 2.03. The Kier molecular flexibility index (Phi) is 4.30. The van der Waals surface area contributed by atoms with E-state index in [1.54, 1.807) is 0 Å². The van der Waals surface area contributed by atoms with E-state index in [9.17, 15) is 9.59 Å². The number of hydrogen-bond acceptors (Lipinski definition) is 3. The van der Waals surface area contributed by atoms with E-state index in [4.69, 9.17) is 0 Å². The smallest absolute Gasteiger partial charge is 0.271 e. The maximum absolute atomic E-state index is 12.0. The number of hydrogen-bond donors (Lipinski definition) is 1. The van der Waals surface area contributed by atoms with Gasteiger partial charge in [0.25, 0.3) is 11.5 Å². The fourth-order valence-corrected chi connectivity index (χ4v) is 1.78. The Balaban J connectivity index is 2.05. The third-order valence-corrected chi connectivity index (χ3v) is 2.97. The van der Waals surface area contributed by atoms with Crippen LogP contribution in [0.3, 0.4) is 0 Å². The predicted octanol–water partition coefficient (Wildman–Crippen LogP) is 1.50. The van der Waals surface area contributed by atoms with Crippen LogP contribution in [0.15, 0.2) is 41.2 Å². The van der Waals surface area contributed by atoms with E-state index < -0.39 is 0 Å². The maximum atomic E-state index is 12.0. The third-order valence-electron chi connectivity index (χ3n) is 2.97. The molecule has 0 radical (unpaired) electrons. The first-order chi connectivity index (χ1) is 9.60. The van der Waals surface area contributed by atoms with Crippen molar-refractivity contribution >= 4 is 5.91 Å². The summed E-state index contributed by atoms with van der Waals surface area (Å²) >= 11 is 0. The van der Waals surface area contributed by atoms with Crippen LogP contribution in [0.5, 0.6) is 0 Å². The molecule has 0 bridgehead atoms. The maximum Gasteiger partial charge on any atom is 0.271 e. The topological polar surface area (TPSA) is 64.0 Å². The summed E-state index contributed by atoms with van der Waals surface area (Å²) in [6.45, 7) is 4.70. The minimum atomic E-state index is -0.284. The van der Waals surface area contributed by atoms with Gasteiger partial charge in [-0.3, -0.25) is 9.59 Å². The summed E-state index contributed by atoms with van der Waals surface area (Å²) in [5.74, 6) is -0.284. The van der Waals surface area contributed by atoms with Crippen LogP contribution in [-0.4, -0.2) is 15.7 Å². The number of amides is 1. The normalized spacial score (nSPS) is 10.3. The Labute approximate surface area is 117 Å². The second-order valence-electron chi connectivity index (χ2n) is 4.54. The Morgan fingerprint density at radius 3 is 2.55 bits per heavy atom. The van der Waals surface area contributed by atoms with Crippen LogP contribution < -0.4 is 10.9 Å². The van der Waals surface area contributed by atoms with Crippen molar-refractivity contribution in [3.8, 4) is 0 Å². The zero-order valence-corrected chi connectivity index (χ0v) is 11.6. The minimum Gasteiger partial charge on any atom is -0.347 e. The van der Waals surface area contributed by atoms with Crippen molar-refractivity contribution in [1.29, 1.82) is 0 Å². The molecule has 0 aliphatic carbocycles. The van der Waals surface area contributed by atoms with Gasteiger partial charge in [-0.25, -0.2) is 4.68 Å². The second kappa shape index (κ2) is 6.14. The van der Waals surface area contributed by atoms with Crippen LogP contribution in [0.2, 0.25) is 0 Å². The van der Waals surface area contributed by atoms with E-state index in [2.05, 4.69) is 10.4 Å². The summed E-state index contributed by atoms with van der Waals surface area (Å²) in [5.41, 5.74) is 2.24. The number of aryl methyl sites for hydroxylation is 2. The molecule has 0 aliphatic heterocycles. The summed E-state index contributed by atoms with van der Waals surface area (Å²) in [5, 5.41) is 6.80. The first-order valence-corrected chi connectivity index (χ1v) is 6.52. The van der Waals surface area contributed by atoms with Crippen molar-refractivity contribution < 1.29 is 4.79 Å². The molecule has 0 saturated heterocycles. The quantitative estimate of drug-likeness (QED) is 0.916. The van der Waals surface area contributed by atoms with Crippen molar-refractivity contribution in [3.63, 3.8) is 0 Å². The first-order valence-electron chi connectivity index (χ1n) is 6.52. The standard InChI is InChI=1S/C15H17N3O2/c1-3-18-14(19)9-8-13(17-18)15(20)16-10-12-6-4-11(2)5-7-12/h4-9H,3,10H2,1-2H3,(H,16,20). The van der Waals surface area contributed by atoms with E-state index >= 15 is 0 Å². The van der Waals surface area contributed by atoms with E-state index in [-0.39, 0.29) is 17.2 Å². The molecule has 0 unspecified atom stereocenters. The number of aromatic nitrogens is 2. The van der Waals surface area contributed by atoms with E-state index in [1.165, 1.54) is 22.4 Å². The average molecular weight is 271 g/mol. The van der Waals surface area contributed by atoms with Gasteiger partial charge in [-0.05, 0) is 25.5 Å². The fraction of sp³-hybridized carbons (Fsp3) is 0.267. The SMILES string of the molecule is CCn1nc(C(=O)NCc2ccc(C)cc2)ccc1=O. The molecule has 2 aromatic rings. The molecule has 2 rings (SSSR count). The molecule has 104 valence electrons. The monoisotopic (exact) mass is 271 g/mol. The molecule has 0 atom stereocenters. The van der Waals surface area contributed by atoms with Crippen LogP contribution in [0, 0.1) is 6.92 Å². The highest BCUT2D eigenvalue weighted by Gasteiger charge is 2.08. The molecule has 0 fully saturated rings. The molecule has 1 N–H and O–H groups in total. The molecule has 20 heavy (non-hydrogen) atoms. The van der Waals surface area contributed by atoms with Crippen LogP contribution in [-0.2, 0) is 13.1 Å². The third kappa shape index (κ3) is 3.32. The summed E-state index contributed by atoms with van der Waals surface area (Å²) in [6.07, 6.45) is 0. The molecule has 1 aromatic carbocycles. The van der Waals surface area contributed by atoms with Gasteiger partial charge in [0.2, 0.25) is 0 Å². The first kappa shape index (κ1) is 14.0. The van der Waals surface area contributed by atoms with Crippen LogP contribution in [0.1, 0.15) is 28.5 Å². The summed E-state index contributed by atoms with van der Waals surface area (Å²) < 4.78 is 1.26. The van der Waals surface area contributed by atoms with Gasteiger partial charge in [-0.2, -0.15) is 5.10 Å². The van der Waals surface area contributed by atoms with Gasteiger partial charge in [0.1, 0.15) is 5.69 Å². The lowest BCUT2D eigenvalue weighted by molar-refractivity contribution is 0.0943. The number of rotatable bonds is 4. The number of benzene rings is 1. The molecule has 5 heteroatoms. The van der Waals surface area contributed by atoms with Crippen molar-refractivity contribution in [2.45, 2.75) is 26.9 Å². The van der Waals surface area contributed by atoms with Gasteiger partial charge in [0.15, 0.2) is 0 Å². The van der Waals surface area contributed by atoms with Crippen molar-refractivity contribution in [1.82, 2.24) is 15.1 Å². The highest BCUT2D eigenvalue weighted by molar-refractivity contribution is 5.91. The van der Waals surface area contributed by atoms with E-state index in [0.29, 0.717) is 13.1 Å². The van der Waals surface area contributed by atoms with Crippen molar-refractivity contribution in [2.75, 3.05) is 0 Å². The fourth-order valence-electron chi connectivity index (χ4n) is 1.78. The number of nitrogens with one attached hydrogen (secondary N) is 1. The summed E-state index contributed by atoms with van der Waals surface area (Å²) in [6, 6.07) is 10.7. The van der Waals surface area contributed by atoms with E-state index in [1.807, 2.05) is 38.1 Å². The lowest BCUT2D eigenvalue weighted by Gasteiger charge is -2.06. The number of nitrogens with zero attached hydrogens (tertiary/aromatic N) is 2. The highest BCUT2D eigenvalue weighted by atomic mass is 16.2. The zero-order chi connectivity index (χ0) is 14.5. The molecule has 1 aromatic heterocycles. The lowest BCUT2D eigenvalue weighted by atomic mass is 10.1. The molecule has 1 amide bonds. The Bertz CT molecular complexity index is 660. The van der Waals surface area contributed by atoms with Crippen molar-refractivity contribution in [2.24, 2.45) is 0 Å². The molecule has 1 heterocycles. The minimum absolute atomic E-state index is 0.206. The second-order valence-corrected chi connectivity index (χ2v) is 4.54.